The van der Waals surface area contributed by atoms with Gasteiger partial charge in [0.15, 0.2) is 0 Å². The summed E-state index contributed by atoms with van der Waals surface area (Å²) in [4.78, 5) is 0. The fraction of sp³-hybridized carbons (Fsp3) is 0.500. The van der Waals surface area contributed by atoms with E-state index >= 15 is 0 Å². The SMILES string of the molecule is FC1C=CNC1. The van der Waals surface area contributed by atoms with Gasteiger partial charge in [0.2, 0.25) is 0 Å². The van der Waals surface area contributed by atoms with E-state index in [9.17, 15) is 4.39 Å². The van der Waals surface area contributed by atoms with Gasteiger partial charge in [0, 0.05) is 6.54 Å². The molecule has 1 N–H and O–H groups in total. The van der Waals surface area contributed by atoms with Crippen LogP contribution in [0.4, 0.5) is 4.39 Å². The minimum absolute atomic E-state index is 0.458. The van der Waals surface area contributed by atoms with E-state index in [1.165, 1.54) is 6.08 Å². The van der Waals surface area contributed by atoms with Crippen molar-refractivity contribution in [1.29, 1.82) is 0 Å². The van der Waals surface area contributed by atoms with Gasteiger partial charge in [-0.1, -0.05) is 0 Å². The lowest BCUT2D eigenvalue weighted by atomic mass is 10.4. The Morgan fingerprint density at radius 2 is 2.67 bits per heavy atom. The molecule has 1 rings (SSSR count). The Kier molecular flexibility index (Phi) is 0.783. The van der Waals surface area contributed by atoms with E-state index in [2.05, 4.69) is 5.32 Å². The van der Waals surface area contributed by atoms with Crippen LogP contribution >= 0.6 is 0 Å². The molecule has 0 spiro atoms. The van der Waals surface area contributed by atoms with Gasteiger partial charge in [-0.3, -0.25) is 0 Å². The van der Waals surface area contributed by atoms with Gasteiger partial charge < -0.3 is 5.32 Å². The summed E-state index contributed by atoms with van der Waals surface area (Å²) in [7, 11) is 0. The number of nitrogens with one attached hydrogen (secondary N) is 1. The predicted octanol–water partition coefficient (Wildman–Crippen LogP) is 0.441. The van der Waals surface area contributed by atoms with Crippen LogP contribution in [0, 0.1) is 0 Å². The number of halogens is 1. The normalized spacial score (nSPS) is 30.5. The monoisotopic (exact) mass is 87.0 g/mol. The zero-order valence-electron chi connectivity index (χ0n) is 3.32. The molecule has 2 heteroatoms. The van der Waals surface area contributed by atoms with E-state index < -0.39 is 6.17 Å². The number of alkyl halides is 1. The lowest BCUT2D eigenvalue weighted by molar-refractivity contribution is 0.410. The molecule has 0 aromatic rings. The molecule has 0 radical (unpaired) electrons. The largest absolute Gasteiger partial charge is 0.388 e. The molecule has 1 atom stereocenters. The lowest BCUT2D eigenvalue weighted by Gasteiger charge is -1.87. The molecule has 0 saturated heterocycles. The van der Waals surface area contributed by atoms with Crippen LogP contribution in [0.25, 0.3) is 0 Å². The molecule has 0 saturated carbocycles. The lowest BCUT2D eigenvalue weighted by Crippen LogP contribution is -2.07. The third kappa shape index (κ3) is 0.506. The van der Waals surface area contributed by atoms with Crippen LogP contribution in [0.1, 0.15) is 0 Å². The maximum Gasteiger partial charge on any atom is 0.137 e. The van der Waals surface area contributed by atoms with Crippen molar-refractivity contribution in [2.45, 2.75) is 6.17 Å². The van der Waals surface area contributed by atoms with Crippen molar-refractivity contribution in [2.75, 3.05) is 6.54 Å². The van der Waals surface area contributed by atoms with Gasteiger partial charge in [0.05, 0.1) is 0 Å². The standard InChI is InChI=1S/C4H6FN/c5-4-1-2-6-3-4/h1-2,4,6H,3H2. The first kappa shape index (κ1) is 3.65. The van der Waals surface area contributed by atoms with E-state index in [0.717, 1.165) is 0 Å². The number of hydrogen-bond donors (Lipinski definition) is 1. The Morgan fingerprint density at radius 3 is 2.83 bits per heavy atom. The Bertz CT molecular complexity index is 69.9. The first-order chi connectivity index (χ1) is 2.89. The highest BCUT2D eigenvalue weighted by molar-refractivity contribution is 4.95. The molecule has 1 heterocycles. The number of rotatable bonds is 0. The summed E-state index contributed by atoms with van der Waals surface area (Å²) < 4.78 is 11.8. The third-order valence-corrected chi connectivity index (χ3v) is 0.736. The van der Waals surface area contributed by atoms with Gasteiger partial charge in [0.1, 0.15) is 6.17 Å². The van der Waals surface area contributed by atoms with Crippen molar-refractivity contribution in [1.82, 2.24) is 5.32 Å². The molecule has 0 aromatic heterocycles. The van der Waals surface area contributed by atoms with Gasteiger partial charge in [-0.25, -0.2) is 4.39 Å². The zero-order valence-corrected chi connectivity index (χ0v) is 3.32. The summed E-state index contributed by atoms with van der Waals surface area (Å²) in [6.45, 7) is 0.458. The van der Waals surface area contributed by atoms with Crippen LogP contribution in [-0.2, 0) is 0 Å². The molecular weight excluding hydrogens is 81.0 g/mol. The molecule has 1 aliphatic heterocycles. The minimum Gasteiger partial charge on any atom is -0.388 e. The van der Waals surface area contributed by atoms with Crippen LogP contribution in [-0.4, -0.2) is 12.7 Å². The van der Waals surface area contributed by atoms with Crippen molar-refractivity contribution in [3.63, 3.8) is 0 Å². The average molecular weight is 87.1 g/mol. The second-order valence-electron chi connectivity index (χ2n) is 1.28. The Morgan fingerprint density at radius 1 is 1.83 bits per heavy atom. The van der Waals surface area contributed by atoms with Crippen molar-refractivity contribution in [3.05, 3.63) is 12.3 Å². The molecule has 0 amide bonds. The molecular formula is C4H6FN. The first-order valence-electron chi connectivity index (χ1n) is 1.94. The molecule has 0 aromatic carbocycles. The molecule has 0 fully saturated rings. The summed E-state index contributed by atoms with van der Waals surface area (Å²) >= 11 is 0. The highest BCUT2D eigenvalue weighted by Gasteiger charge is 2.02. The highest BCUT2D eigenvalue weighted by Crippen LogP contribution is 1.94. The van der Waals surface area contributed by atoms with Crippen molar-refractivity contribution >= 4 is 0 Å². The first-order valence-corrected chi connectivity index (χ1v) is 1.94. The molecule has 6 heavy (non-hydrogen) atoms. The Labute approximate surface area is 35.9 Å². The predicted molar refractivity (Wildman–Crippen MR) is 22.0 cm³/mol. The van der Waals surface area contributed by atoms with E-state index in [1.807, 2.05) is 0 Å². The van der Waals surface area contributed by atoms with Crippen molar-refractivity contribution in [2.24, 2.45) is 0 Å². The van der Waals surface area contributed by atoms with Crippen LogP contribution in [0.2, 0.25) is 0 Å². The molecule has 1 aliphatic rings. The van der Waals surface area contributed by atoms with Crippen molar-refractivity contribution < 1.29 is 4.39 Å². The molecule has 1 nitrogen and oxygen atoms in total. The van der Waals surface area contributed by atoms with Gasteiger partial charge in [0.25, 0.3) is 0 Å². The molecule has 0 aliphatic carbocycles. The van der Waals surface area contributed by atoms with Crippen LogP contribution in [0.15, 0.2) is 12.3 Å². The maximum atomic E-state index is 11.8. The quantitative estimate of drug-likeness (QED) is 0.452. The summed E-state index contributed by atoms with van der Waals surface area (Å²) in [6, 6.07) is 0. The summed E-state index contributed by atoms with van der Waals surface area (Å²) in [5, 5.41) is 2.72. The second kappa shape index (κ2) is 1.29. The zero-order chi connectivity index (χ0) is 4.41. The minimum atomic E-state index is -0.745. The van der Waals surface area contributed by atoms with E-state index in [-0.39, 0.29) is 0 Å². The molecule has 1 unspecified atom stereocenters. The topological polar surface area (TPSA) is 12.0 Å². The van der Waals surface area contributed by atoms with Crippen LogP contribution in [0.5, 0.6) is 0 Å². The second-order valence-corrected chi connectivity index (χ2v) is 1.28. The van der Waals surface area contributed by atoms with E-state index in [1.54, 1.807) is 6.20 Å². The summed E-state index contributed by atoms with van der Waals surface area (Å²) in [6.07, 6.45) is 2.38. The molecule has 34 valence electrons. The Balaban J connectivity index is 2.38. The van der Waals surface area contributed by atoms with Gasteiger partial charge >= 0.3 is 0 Å². The van der Waals surface area contributed by atoms with Gasteiger partial charge in [-0.2, -0.15) is 0 Å². The van der Waals surface area contributed by atoms with E-state index in [4.69, 9.17) is 0 Å². The average Bonchev–Trinajstić information content (AvgIpc) is 1.86. The van der Waals surface area contributed by atoms with Gasteiger partial charge in [-0.15, -0.1) is 0 Å². The summed E-state index contributed by atoms with van der Waals surface area (Å²) in [5.74, 6) is 0. The highest BCUT2D eigenvalue weighted by atomic mass is 19.1. The fourth-order valence-electron chi connectivity index (χ4n) is 0.421. The van der Waals surface area contributed by atoms with E-state index in [0.29, 0.717) is 6.54 Å². The van der Waals surface area contributed by atoms with Crippen LogP contribution < -0.4 is 5.32 Å². The third-order valence-electron chi connectivity index (χ3n) is 0.736. The maximum absolute atomic E-state index is 11.8. The Hall–Kier alpha value is -0.530. The smallest absolute Gasteiger partial charge is 0.137 e. The fourth-order valence-corrected chi connectivity index (χ4v) is 0.421. The van der Waals surface area contributed by atoms with Crippen LogP contribution in [0.3, 0.4) is 0 Å². The summed E-state index contributed by atoms with van der Waals surface area (Å²) in [5.41, 5.74) is 0. The van der Waals surface area contributed by atoms with Gasteiger partial charge in [-0.05, 0) is 12.3 Å². The number of hydrogen-bond acceptors (Lipinski definition) is 1. The molecule has 0 bridgehead atoms. The van der Waals surface area contributed by atoms with Crippen molar-refractivity contribution in [3.8, 4) is 0 Å².